The minimum atomic E-state index is 0.573. The Kier molecular flexibility index (Phi) is 9.63. The average Bonchev–Trinajstić information content (AvgIpc) is 2.71. The number of amides is 1. The Morgan fingerprint density at radius 2 is 1.93 bits per heavy atom. The molecule has 0 spiro atoms. The number of benzene rings is 1. The third-order valence-electron chi connectivity index (χ3n) is 4.48. The predicted molar refractivity (Wildman–Crippen MR) is 112 cm³/mol. The van der Waals surface area contributed by atoms with Crippen molar-refractivity contribution in [1.29, 1.82) is 0 Å². The van der Waals surface area contributed by atoms with Gasteiger partial charge in [-0.2, -0.15) is 0 Å². The molecule has 1 N–H and O–H groups in total. The molecule has 1 aromatic carbocycles. The molecule has 0 fully saturated rings. The van der Waals surface area contributed by atoms with Crippen LogP contribution in [0, 0.1) is 0 Å². The molecule has 0 aliphatic carbocycles. The molecule has 0 aliphatic heterocycles. The van der Waals surface area contributed by atoms with E-state index in [2.05, 4.69) is 35.4 Å². The fourth-order valence-corrected chi connectivity index (χ4v) is 4.01. The molecule has 144 valence electrons. The minimum Gasteiger partial charge on any atom is -0.358 e. The number of aromatic nitrogens is 1. The summed E-state index contributed by atoms with van der Waals surface area (Å²) < 4.78 is 0. The van der Waals surface area contributed by atoms with Crippen molar-refractivity contribution >= 4 is 24.5 Å². The zero-order chi connectivity index (χ0) is 19.3. The maximum Gasteiger partial charge on any atom is 0.207 e. The van der Waals surface area contributed by atoms with Crippen LogP contribution in [0.2, 0.25) is 0 Å². The Labute approximate surface area is 166 Å². The molecular formula is C22H28N2O2S. The van der Waals surface area contributed by atoms with Crippen LogP contribution in [0.15, 0.2) is 41.6 Å². The third-order valence-corrected chi connectivity index (χ3v) is 5.56. The fourth-order valence-electron chi connectivity index (χ4n) is 3.04. The molecule has 0 saturated carbocycles. The fraction of sp³-hybridized carbons (Fsp3) is 0.409. The van der Waals surface area contributed by atoms with Crippen LogP contribution in [0.5, 0.6) is 0 Å². The van der Waals surface area contributed by atoms with Crippen molar-refractivity contribution in [2.45, 2.75) is 50.3 Å². The molecule has 1 aromatic heterocycles. The molecule has 27 heavy (non-hydrogen) atoms. The molecule has 1 amide bonds. The molecule has 0 aliphatic rings. The smallest absolute Gasteiger partial charge is 0.207 e. The topological polar surface area (TPSA) is 59.1 Å². The van der Waals surface area contributed by atoms with Gasteiger partial charge in [0.05, 0.1) is 0 Å². The number of pyridine rings is 1. The first-order chi connectivity index (χ1) is 13.3. The lowest BCUT2D eigenvalue weighted by atomic mass is 9.95. The summed E-state index contributed by atoms with van der Waals surface area (Å²) in [5.74, 6) is 1.12. The number of aldehydes is 1. The van der Waals surface area contributed by atoms with Gasteiger partial charge in [0, 0.05) is 29.4 Å². The van der Waals surface area contributed by atoms with Crippen molar-refractivity contribution in [3.8, 4) is 11.1 Å². The highest BCUT2D eigenvalue weighted by Crippen LogP contribution is 2.30. The standard InChI is InChI=1S/C22H28N2O2S/c1-2-3-4-5-6-13-27-20-7-8-21(18(14-20)9-11-24-17-26)22-10-12-23-15-19(22)16-25/h7-8,10,12,14-17H,2-6,9,11,13H2,1H3,(H,24,26). The van der Waals surface area contributed by atoms with E-state index in [0.717, 1.165) is 41.6 Å². The van der Waals surface area contributed by atoms with Crippen LogP contribution in [-0.2, 0) is 11.2 Å². The summed E-state index contributed by atoms with van der Waals surface area (Å²) in [6.07, 6.45) is 12.0. The summed E-state index contributed by atoms with van der Waals surface area (Å²) in [6.45, 7) is 2.80. The van der Waals surface area contributed by atoms with Crippen molar-refractivity contribution in [1.82, 2.24) is 10.3 Å². The van der Waals surface area contributed by atoms with Gasteiger partial charge in [0.1, 0.15) is 0 Å². The van der Waals surface area contributed by atoms with E-state index in [1.54, 1.807) is 12.4 Å². The Morgan fingerprint density at radius 3 is 2.70 bits per heavy atom. The van der Waals surface area contributed by atoms with Crippen molar-refractivity contribution in [2.24, 2.45) is 0 Å². The highest BCUT2D eigenvalue weighted by atomic mass is 32.2. The molecule has 5 heteroatoms. The highest BCUT2D eigenvalue weighted by Gasteiger charge is 2.11. The number of unbranched alkanes of at least 4 members (excludes halogenated alkanes) is 4. The van der Waals surface area contributed by atoms with Crippen LogP contribution < -0.4 is 5.32 Å². The number of nitrogens with one attached hydrogen (secondary N) is 1. The molecule has 0 saturated heterocycles. The zero-order valence-electron chi connectivity index (χ0n) is 15.9. The van der Waals surface area contributed by atoms with E-state index in [1.165, 1.54) is 37.0 Å². The number of hydrogen-bond acceptors (Lipinski definition) is 4. The Morgan fingerprint density at radius 1 is 1.07 bits per heavy atom. The van der Waals surface area contributed by atoms with Crippen LogP contribution in [0.1, 0.15) is 54.9 Å². The molecular weight excluding hydrogens is 356 g/mol. The van der Waals surface area contributed by atoms with Crippen LogP contribution in [-0.4, -0.2) is 30.0 Å². The largest absolute Gasteiger partial charge is 0.358 e. The molecule has 0 bridgehead atoms. The molecule has 0 unspecified atom stereocenters. The van der Waals surface area contributed by atoms with Gasteiger partial charge in [-0.1, -0.05) is 38.7 Å². The second-order valence-corrected chi connectivity index (χ2v) is 7.65. The number of thioether (sulfide) groups is 1. The van der Waals surface area contributed by atoms with Gasteiger partial charge < -0.3 is 5.32 Å². The molecule has 4 nitrogen and oxygen atoms in total. The summed E-state index contributed by atoms with van der Waals surface area (Å²) in [5.41, 5.74) is 3.63. The molecule has 0 atom stereocenters. The Balaban J connectivity index is 2.14. The third kappa shape index (κ3) is 6.83. The maximum absolute atomic E-state index is 11.4. The summed E-state index contributed by atoms with van der Waals surface area (Å²) in [6, 6.07) is 8.26. The van der Waals surface area contributed by atoms with Crippen LogP contribution in [0.4, 0.5) is 0 Å². The van der Waals surface area contributed by atoms with E-state index < -0.39 is 0 Å². The zero-order valence-corrected chi connectivity index (χ0v) is 16.8. The minimum absolute atomic E-state index is 0.573. The number of hydrogen-bond donors (Lipinski definition) is 1. The van der Waals surface area contributed by atoms with Crippen molar-refractivity contribution in [3.05, 3.63) is 47.8 Å². The Bertz CT molecular complexity index is 734. The van der Waals surface area contributed by atoms with Gasteiger partial charge in [0.15, 0.2) is 6.29 Å². The van der Waals surface area contributed by atoms with Crippen LogP contribution in [0.3, 0.4) is 0 Å². The molecule has 0 radical (unpaired) electrons. The van der Waals surface area contributed by atoms with Crippen molar-refractivity contribution < 1.29 is 9.59 Å². The Hall–Kier alpha value is -2.14. The highest BCUT2D eigenvalue weighted by molar-refractivity contribution is 7.99. The van der Waals surface area contributed by atoms with Gasteiger partial charge in [0.25, 0.3) is 0 Å². The number of carbonyl (C=O) groups excluding carboxylic acids is 2. The molecule has 1 heterocycles. The van der Waals surface area contributed by atoms with E-state index in [9.17, 15) is 9.59 Å². The van der Waals surface area contributed by atoms with Crippen LogP contribution >= 0.6 is 11.8 Å². The average molecular weight is 385 g/mol. The summed E-state index contributed by atoms with van der Waals surface area (Å²) >= 11 is 1.87. The number of nitrogens with zero attached hydrogens (tertiary/aromatic N) is 1. The molecule has 2 rings (SSSR count). The second-order valence-electron chi connectivity index (χ2n) is 6.48. The van der Waals surface area contributed by atoms with Gasteiger partial charge in [-0.15, -0.1) is 11.8 Å². The lowest BCUT2D eigenvalue weighted by Crippen LogP contribution is -2.14. The van der Waals surface area contributed by atoms with E-state index in [4.69, 9.17) is 0 Å². The normalized spacial score (nSPS) is 10.6. The first-order valence-corrected chi connectivity index (χ1v) is 10.6. The number of carbonyl (C=O) groups is 2. The van der Waals surface area contributed by atoms with Gasteiger partial charge in [-0.3, -0.25) is 14.6 Å². The second kappa shape index (κ2) is 12.3. The summed E-state index contributed by atoms with van der Waals surface area (Å²) in [4.78, 5) is 27.3. The van der Waals surface area contributed by atoms with Gasteiger partial charge in [-0.05, 0) is 53.5 Å². The summed E-state index contributed by atoms with van der Waals surface area (Å²) in [5, 5.41) is 2.73. The van der Waals surface area contributed by atoms with E-state index in [0.29, 0.717) is 12.1 Å². The first-order valence-electron chi connectivity index (χ1n) is 9.62. The van der Waals surface area contributed by atoms with Crippen LogP contribution in [0.25, 0.3) is 11.1 Å². The van der Waals surface area contributed by atoms with E-state index >= 15 is 0 Å². The van der Waals surface area contributed by atoms with Crippen molar-refractivity contribution in [3.63, 3.8) is 0 Å². The van der Waals surface area contributed by atoms with E-state index in [-0.39, 0.29) is 0 Å². The van der Waals surface area contributed by atoms with Crippen molar-refractivity contribution in [2.75, 3.05) is 12.3 Å². The quantitative estimate of drug-likeness (QED) is 0.303. The molecule has 2 aromatic rings. The predicted octanol–water partition coefficient (Wildman–Crippen LogP) is 4.91. The van der Waals surface area contributed by atoms with E-state index in [1.807, 2.05) is 17.8 Å². The number of rotatable bonds is 13. The monoisotopic (exact) mass is 384 g/mol. The first kappa shape index (κ1) is 21.2. The maximum atomic E-state index is 11.4. The SMILES string of the molecule is CCCCCCCSc1ccc(-c2ccncc2C=O)c(CCNC=O)c1. The van der Waals surface area contributed by atoms with Gasteiger partial charge >= 0.3 is 0 Å². The lowest BCUT2D eigenvalue weighted by Gasteiger charge is -2.13. The lowest BCUT2D eigenvalue weighted by molar-refractivity contribution is -0.109. The van der Waals surface area contributed by atoms with Gasteiger partial charge in [-0.25, -0.2) is 0 Å². The van der Waals surface area contributed by atoms with Gasteiger partial charge in [0.2, 0.25) is 6.41 Å². The summed E-state index contributed by atoms with van der Waals surface area (Å²) in [7, 11) is 0.